The Morgan fingerprint density at radius 3 is 2.62 bits per heavy atom. The van der Waals surface area contributed by atoms with Gasteiger partial charge in [0.05, 0.1) is 5.69 Å². The Labute approximate surface area is 138 Å². The van der Waals surface area contributed by atoms with Gasteiger partial charge in [-0.05, 0) is 60.2 Å². The molecule has 1 aromatic carbocycles. The second-order valence-electron chi connectivity index (χ2n) is 5.22. The van der Waals surface area contributed by atoms with Crippen LogP contribution in [-0.4, -0.2) is 37.2 Å². The number of amides is 1. The van der Waals surface area contributed by atoms with Crippen molar-refractivity contribution in [3.8, 4) is 11.4 Å². The molecule has 1 amide bonds. The summed E-state index contributed by atoms with van der Waals surface area (Å²) in [6, 6.07) is 10.7. The standard InChI is InChI=1S/C16H16N6O2/c1-11-3-8-15(17-9-11)19-16(23)12(2)24-14-6-4-13(5-7-14)22-10-18-20-21-22/h3-10,12H,1-2H3,(H,17,19,23). The molecule has 24 heavy (non-hydrogen) atoms. The first-order valence-electron chi connectivity index (χ1n) is 7.35. The highest BCUT2D eigenvalue weighted by Gasteiger charge is 2.15. The van der Waals surface area contributed by atoms with E-state index in [9.17, 15) is 4.79 Å². The number of hydrogen-bond donors (Lipinski definition) is 1. The molecule has 0 aliphatic rings. The van der Waals surface area contributed by atoms with Crippen molar-refractivity contribution in [2.24, 2.45) is 0 Å². The van der Waals surface area contributed by atoms with Crippen LogP contribution in [0.5, 0.6) is 5.75 Å². The number of carbonyl (C=O) groups excluding carboxylic acids is 1. The first kappa shape index (κ1) is 15.6. The lowest BCUT2D eigenvalue weighted by Crippen LogP contribution is -2.30. The van der Waals surface area contributed by atoms with Gasteiger partial charge in [-0.25, -0.2) is 9.67 Å². The van der Waals surface area contributed by atoms with Crippen LogP contribution in [-0.2, 0) is 4.79 Å². The third kappa shape index (κ3) is 3.72. The molecule has 1 N–H and O–H groups in total. The van der Waals surface area contributed by atoms with Crippen molar-refractivity contribution in [3.05, 3.63) is 54.5 Å². The SMILES string of the molecule is Cc1ccc(NC(=O)C(C)Oc2ccc(-n3cnnn3)cc2)nc1. The molecule has 2 heterocycles. The van der Waals surface area contributed by atoms with Crippen LogP contribution in [0, 0.1) is 6.92 Å². The molecule has 2 aromatic heterocycles. The van der Waals surface area contributed by atoms with Gasteiger partial charge < -0.3 is 10.1 Å². The fraction of sp³-hybridized carbons (Fsp3) is 0.188. The smallest absolute Gasteiger partial charge is 0.266 e. The van der Waals surface area contributed by atoms with Crippen LogP contribution in [0.4, 0.5) is 5.82 Å². The van der Waals surface area contributed by atoms with E-state index in [1.807, 2.05) is 13.0 Å². The average Bonchev–Trinajstić information content (AvgIpc) is 3.12. The van der Waals surface area contributed by atoms with E-state index < -0.39 is 6.10 Å². The summed E-state index contributed by atoms with van der Waals surface area (Å²) in [6.45, 7) is 3.61. The molecule has 8 heteroatoms. The van der Waals surface area contributed by atoms with Crippen LogP contribution >= 0.6 is 0 Å². The van der Waals surface area contributed by atoms with Crippen molar-refractivity contribution in [2.75, 3.05) is 5.32 Å². The molecule has 8 nitrogen and oxygen atoms in total. The number of benzene rings is 1. The normalized spacial score (nSPS) is 11.8. The lowest BCUT2D eigenvalue weighted by atomic mass is 10.3. The number of aromatic nitrogens is 5. The predicted molar refractivity (Wildman–Crippen MR) is 86.8 cm³/mol. The molecule has 1 unspecified atom stereocenters. The van der Waals surface area contributed by atoms with Crippen molar-refractivity contribution < 1.29 is 9.53 Å². The van der Waals surface area contributed by atoms with Gasteiger partial charge in [0, 0.05) is 6.20 Å². The van der Waals surface area contributed by atoms with Gasteiger partial charge >= 0.3 is 0 Å². The van der Waals surface area contributed by atoms with Crippen LogP contribution in [0.2, 0.25) is 0 Å². The Bertz CT molecular complexity index is 800. The number of pyridine rings is 1. The van der Waals surface area contributed by atoms with Gasteiger partial charge in [-0.2, -0.15) is 0 Å². The number of nitrogens with zero attached hydrogens (tertiary/aromatic N) is 5. The van der Waals surface area contributed by atoms with E-state index in [2.05, 4.69) is 25.8 Å². The maximum Gasteiger partial charge on any atom is 0.266 e. The quantitative estimate of drug-likeness (QED) is 0.768. The Kier molecular flexibility index (Phi) is 4.46. The van der Waals surface area contributed by atoms with Crippen LogP contribution in [0.15, 0.2) is 48.9 Å². The Hall–Kier alpha value is -3.29. The first-order valence-corrected chi connectivity index (χ1v) is 7.35. The highest BCUT2D eigenvalue weighted by atomic mass is 16.5. The van der Waals surface area contributed by atoms with Crippen LogP contribution < -0.4 is 10.1 Å². The molecule has 0 aliphatic heterocycles. The second kappa shape index (κ2) is 6.86. The summed E-state index contributed by atoms with van der Waals surface area (Å²) >= 11 is 0. The molecule has 0 saturated heterocycles. The third-order valence-corrected chi connectivity index (χ3v) is 3.29. The molecule has 0 aliphatic carbocycles. The summed E-state index contributed by atoms with van der Waals surface area (Å²) < 4.78 is 7.17. The average molecular weight is 324 g/mol. The van der Waals surface area contributed by atoms with Crippen molar-refractivity contribution in [2.45, 2.75) is 20.0 Å². The second-order valence-corrected chi connectivity index (χ2v) is 5.22. The molecule has 3 aromatic rings. The molecule has 3 rings (SSSR count). The number of nitrogens with one attached hydrogen (secondary N) is 1. The summed E-state index contributed by atoms with van der Waals surface area (Å²) in [5.74, 6) is 0.803. The van der Waals surface area contributed by atoms with Gasteiger partial charge in [0.1, 0.15) is 17.9 Å². The molecule has 0 spiro atoms. The highest BCUT2D eigenvalue weighted by Crippen LogP contribution is 2.16. The molecule has 0 radical (unpaired) electrons. The van der Waals surface area contributed by atoms with Gasteiger partial charge in [0.25, 0.3) is 5.91 Å². The van der Waals surface area contributed by atoms with E-state index in [0.29, 0.717) is 11.6 Å². The van der Waals surface area contributed by atoms with Crippen LogP contribution in [0.1, 0.15) is 12.5 Å². The summed E-state index contributed by atoms with van der Waals surface area (Å²) in [4.78, 5) is 16.3. The number of aryl methyl sites for hydroxylation is 1. The Morgan fingerprint density at radius 1 is 1.21 bits per heavy atom. The number of rotatable bonds is 5. The van der Waals surface area contributed by atoms with Crippen LogP contribution in [0.3, 0.4) is 0 Å². The lowest BCUT2D eigenvalue weighted by Gasteiger charge is -2.14. The molecule has 0 bridgehead atoms. The monoisotopic (exact) mass is 324 g/mol. The van der Waals surface area contributed by atoms with Gasteiger partial charge in [0.15, 0.2) is 6.10 Å². The topological polar surface area (TPSA) is 94.8 Å². The van der Waals surface area contributed by atoms with Gasteiger partial charge in [0.2, 0.25) is 0 Å². The van der Waals surface area contributed by atoms with Gasteiger partial charge in [-0.15, -0.1) is 5.10 Å². The van der Waals surface area contributed by atoms with Gasteiger partial charge in [-0.1, -0.05) is 6.07 Å². The van der Waals surface area contributed by atoms with Crippen molar-refractivity contribution >= 4 is 11.7 Å². The zero-order valence-electron chi connectivity index (χ0n) is 13.2. The summed E-state index contributed by atoms with van der Waals surface area (Å²) in [5.41, 5.74) is 1.83. The molecule has 0 fully saturated rings. The fourth-order valence-electron chi connectivity index (χ4n) is 1.98. The minimum absolute atomic E-state index is 0.268. The van der Waals surface area contributed by atoms with E-state index in [-0.39, 0.29) is 5.91 Å². The summed E-state index contributed by atoms with van der Waals surface area (Å²) in [6.07, 6.45) is 2.53. The Balaban J connectivity index is 1.60. The highest BCUT2D eigenvalue weighted by molar-refractivity contribution is 5.93. The molecular weight excluding hydrogens is 308 g/mol. The first-order chi connectivity index (χ1) is 11.6. The van der Waals surface area contributed by atoms with E-state index in [4.69, 9.17) is 4.74 Å². The van der Waals surface area contributed by atoms with E-state index in [0.717, 1.165) is 11.3 Å². The fourth-order valence-corrected chi connectivity index (χ4v) is 1.98. The third-order valence-electron chi connectivity index (χ3n) is 3.29. The van der Waals surface area contributed by atoms with Gasteiger partial charge in [-0.3, -0.25) is 4.79 Å². The number of hydrogen-bond acceptors (Lipinski definition) is 6. The van der Waals surface area contributed by atoms with E-state index >= 15 is 0 Å². The van der Waals surface area contributed by atoms with Crippen molar-refractivity contribution in [1.82, 2.24) is 25.2 Å². The van der Waals surface area contributed by atoms with Crippen molar-refractivity contribution in [1.29, 1.82) is 0 Å². The summed E-state index contributed by atoms with van der Waals surface area (Å²) in [5, 5.41) is 13.7. The molecule has 1 atom stereocenters. The zero-order valence-corrected chi connectivity index (χ0v) is 13.2. The van der Waals surface area contributed by atoms with Crippen LogP contribution in [0.25, 0.3) is 5.69 Å². The predicted octanol–water partition coefficient (Wildman–Crippen LogP) is 1.77. The zero-order chi connectivity index (χ0) is 16.9. The van der Waals surface area contributed by atoms with E-state index in [1.54, 1.807) is 43.5 Å². The molecular formula is C16H16N6O2. The summed E-state index contributed by atoms with van der Waals surface area (Å²) in [7, 11) is 0. The number of anilines is 1. The lowest BCUT2D eigenvalue weighted by molar-refractivity contribution is -0.122. The maximum atomic E-state index is 12.1. The largest absolute Gasteiger partial charge is 0.481 e. The molecule has 0 saturated carbocycles. The Morgan fingerprint density at radius 2 is 2.00 bits per heavy atom. The van der Waals surface area contributed by atoms with E-state index in [1.165, 1.54) is 11.0 Å². The number of carbonyl (C=O) groups is 1. The minimum Gasteiger partial charge on any atom is -0.481 e. The maximum absolute atomic E-state index is 12.1. The molecule has 122 valence electrons. The number of tetrazole rings is 1. The number of ether oxygens (including phenoxy) is 1. The minimum atomic E-state index is -0.660. The van der Waals surface area contributed by atoms with Crippen molar-refractivity contribution in [3.63, 3.8) is 0 Å².